The van der Waals surface area contributed by atoms with Crippen molar-refractivity contribution in [3.05, 3.63) is 179 Å². The topological polar surface area (TPSA) is 0 Å². The van der Waals surface area contributed by atoms with Crippen LogP contribution in [-0.4, -0.2) is 0 Å². The first-order valence-corrected chi connectivity index (χ1v) is 25.9. The molecule has 0 spiro atoms. The Hall–Kier alpha value is -5.98. The van der Waals surface area contributed by atoms with Crippen LogP contribution >= 0.6 is 0 Å². The molecule has 0 heterocycles. The molecule has 0 amide bonds. The van der Waals surface area contributed by atoms with Gasteiger partial charge in [-0.15, -0.1) is 0 Å². The molecule has 0 aliphatic carbocycles. The van der Waals surface area contributed by atoms with E-state index in [1.807, 2.05) is 0 Å². The zero-order valence-electron chi connectivity index (χ0n) is 45.9. The average Bonchev–Trinajstić information content (AvgIpc) is 3.28. The molecule has 0 bridgehead atoms. The van der Waals surface area contributed by atoms with E-state index in [4.69, 9.17) is 0 Å². The number of rotatable bonds is 4. The van der Waals surface area contributed by atoms with Crippen LogP contribution < -0.4 is 0 Å². The molecule has 9 rings (SSSR count). The molecule has 0 aliphatic heterocycles. The summed E-state index contributed by atoms with van der Waals surface area (Å²) in [5.74, 6) is 0. The van der Waals surface area contributed by atoms with Crippen molar-refractivity contribution in [2.24, 2.45) is 0 Å². The summed E-state index contributed by atoms with van der Waals surface area (Å²) in [4.78, 5) is 0. The van der Waals surface area contributed by atoms with Gasteiger partial charge in [0.05, 0.1) is 0 Å². The summed E-state index contributed by atoms with van der Waals surface area (Å²) < 4.78 is 0. The van der Waals surface area contributed by atoms with Gasteiger partial charge >= 0.3 is 0 Å². The molecule has 358 valence electrons. The molecule has 0 saturated carbocycles. The van der Waals surface area contributed by atoms with Gasteiger partial charge in [0.1, 0.15) is 0 Å². The molecular weight excluding hydrogens is 841 g/mol. The Morgan fingerprint density at radius 3 is 0.500 bits per heavy atom. The first kappa shape index (κ1) is 49.0. The summed E-state index contributed by atoms with van der Waals surface area (Å²) >= 11 is 0. The Bertz CT molecular complexity index is 3220. The van der Waals surface area contributed by atoms with Crippen molar-refractivity contribution in [3.63, 3.8) is 0 Å². The largest absolute Gasteiger partial charge is 0.0579 e. The van der Waals surface area contributed by atoms with Gasteiger partial charge in [-0.25, -0.2) is 0 Å². The molecular formula is C70H78. The van der Waals surface area contributed by atoms with Gasteiger partial charge in [-0.3, -0.25) is 0 Å². The Labute approximate surface area is 421 Å². The van der Waals surface area contributed by atoms with E-state index in [2.05, 4.69) is 270 Å². The molecule has 0 unspecified atom stereocenters. The molecule has 0 fully saturated rings. The minimum absolute atomic E-state index is 0.0116. The summed E-state index contributed by atoms with van der Waals surface area (Å²) in [6, 6.07) is 57.7. The van der Waals surface area contributed by atoms with Crippen LogP contribution in [0.4, 0.5) is 0 Å². The van der Waals surface area contributed by atoms with Crippen LogP contribution in [0.25, 0.3) is 87.6 Å². The molecule has 0 saturated heterocycles. The van der Waals surface area contributed by atoms with E-state index in [0.717, 1.165) is 0 Å². The van der Waals surface area contributed by atoms with Crippen molar-refractivity contribution in [1.29, 1.82) is 0 Å². The Kier molecular flexibility index (Phi) is 11.8. The molecule has 9 aromatic rings. The number of hydrogen-bond donors (Lipinski definition) is 0. The fraction of sp³-hybridized carbons (Fsp3) is 0.343. The molecule has 0 nitrogen and oxygen atoms in total. The first-order chi connectivity index (χ1) is 32.5. The summed E-state index contributed by atoms with van der Waals surface area (Å²) in [6.07, 6.45) is 0. The number of benzene rings is 9. The van der Waals surface area contributed by atoms with Crippen molar-refractivity contribution in [3.8, 4) is 44.5 Å². The summed E-state index contributed by atoms with van der Waals surface area (Å²) in [6.45, 7) is 41.9. The Morgan fingerprint density at radius 1 is 0.171 bits per heavy atom. The molecule has 0 N–H and O–H groups in total. The highest BCUT2D eigenvalue weighted by molar-refractivity contribution is 6.23. The number of hydrogen-bond acceptors (Lipinski definition) is 0. The maximum atomic E-state index is 2.50. The van der Waals surface area contributed by atoms with E-state index in [1.165, 1.54) is 121 Å². The molecule has 0 radical (unpaired) electrons. The van der Waals surface area contributed by atoms with Gasteiger partial charge in [-0.05, 0) is 178 Å². The highest BCUT2D eigenvalue weighted by Crippen LogP contribution is 2.50. The van der Waals surface area contributed by atoms with Gasteiger partial charge in [0.15, 0.2) is 0 Å². The highest BCUT2D eigenvalue weighted by atomic mass is 14.3. The lowest BCUT2D eigenvalue weighted by Gasteiger charge is -2.26. The average molecular weight is 919 g/mol. The lowest BCUT2D eigenvalue weighted by atomic mass is 9.78. The second-order valence-electron chi connectivity index (χ2n) is 26.8. The summed E-state index contributed by atoms with van der Waals surface area (Å²) in [5, 5.41) is 10.4. The van der Waals surface area contributed by atoms with E-state index < -0.39 is 0 Å². The predicted molar refractivity (Wildman–Crippen MR) is 310 cm³/mol. The van der Waals surface area contributed by atoms with Gasteiger partial charge in [-0.1, -0.05) is 246 Å². The van der Waals surface area contributed by atoms with Crippen LogP contribution in [0.15, 0.2) is 146 Å². The standard InChI is InChI=1S/C70H78/c1-65(2,3)47-27-23-45(24-28-47)63-59-41-51(69(13,14)15)33-37-55(59)53-35-31-49(67(7,8)9)39-57(53)61(63)43-19-21-44(22-20-43)62-58-40-50(68(10,11)12)32-36-54(58)56-38-34-52(70(16,17)18)42-60(56)64(62)46-25-29-48(30-26-46)66(4,5)6/h19-42H,1-18H3. The molecule has 70 heavy (non-hydrogen) atoms. The van der Waals surface area contributed by atoms with Crippen molar-refractivity contribution in [2.75, 3.05) is 0 Å². The van der Waals surface area contributed by atoms with Crippen molar-refractivity contribution < 1.29 is 0 Å². The fourth-order valence-electron chi connectivity index (χ4n) is 10.6. The monoisotopic (exact) mass is 919 g/mol. The van der Waals surface area contributed by atoms with Crippen molar-refractivity contribution >= 4 is 43.1 Å². The fourth-order valence-corrected chi connectivity index (χ4v) is 10.6. The number of fused-ring (bicyclic) bond motifs is 6. The third-order valence-electron chi connectivity index (χ3n) is 15.2. The maximum absolute atomic E-state index is 2.50. The van der Waals surface area contributed by atoms with Crippen molar-refractivity contribution in [1.82, 2.24) is 0 Å². The van der Waals surface area contributed by atoms with Gasteiger partial charge in [0.25, 0.3) is 0 Å². The lowest BCUT2D eigenvalue weighted by Crippen LogP contribution is -2.12. The van der Waals surface area contributed by atoms with E-state index in [9.17, 15) is 0 Å². The Morgan fingerprint density at radius 2 is 0.329 bits per heavy atom. The van der Waals surface area contributed by atoms with E-state index >= 15 is 0 Å². The predicted octanol–water partition coefficient (Wildman–Crippen LogP) is 20.8. The second kappa shape index (κ2) is 16.8. The van der Waals surface area contributed by atoms with Gasteiger partial charge < -0.3 is 0 Å². The zero-order chi connectivity index (χ0) is 50.7. The van der Waals surface area contributed by atoms with Crippen LogP contribution in [0.3, 0.4) is 0 Å². The van der Waals surface area contributed by atoms with E-state index in [1.54, 1.807) is 0 Å². The minimum Gasteiger partial charge on any atom is -0.0579 e. The van der Waals surface area contributed by atoms with E-state index in [0.29, 0.717) is 0 Å². The molecule has 9 aromatic carbocycles. The van der Waals surface area contributed by atoms with Crippen LogP contribution in [0.5, 0.6) is 0 Å². The van der Waals surface area contributed by atoms with Crippen molar-refractivity contribution in [2.45, 2.75) is 157 Å². The summed E-state index contributed by atoms with van der Waals surface area (Å²) in [7, 11) is 0. The van der Waals surface area contributed by atoms with Gasteiger partial charge in [0, 0.05) is 0 Å². The first-order valence-electron chi connectivity index (χ1n) is 25.9. The molecule has 0 atom stereocenters. The van der Waals surface area contributed by atoms with Gasteiger partial charge in [0.2, 0.25) is 0 Å². The summed E-state index contributed by atoms with van der Waals surface area (Å²) in [5.41, 5.74) is 18.2. The van der Waals surface area contributed by atoms with Crippen LogP contribution in [0, 0.1) is 0 Å². The zero-order valence-corrected chi connectivity index (χ0v) is 45.9. The normalized spacial score (nSPS) is 13.3. The smallest absolute Gasteiger partial charge is 0.00202 e. The SMILES string of the molecule is CC(C)(C)c1ccc(-c2c(-c3ccc(-c4c(-c5ccc(C(C)(C)C)cc5)c5cc(C(C)(C)C)ccc5c5ccc(C(C)(C)C)cc45)cc3)c3cc(C(C)(C)C)ccc3c3ccc(C(C)(C)C)cc23)cc1. The second-order valence-corrected chi connectivity index (χ2v) is 26.8. The molecule has 0 heteroatoms. The molecule has 0 aliphatic rings. The third kappa shape index (κ3) is 9.02. The quantitative estimate of drug-likeness (QED) is 0.154. The minimum atomic E-state index is -0.0216. The Balaban J connectivity index is 1.41. The third-order valence-corrected chi connectivity index (χ3v) is 15.2. The van der Waals surface area contributed by atoms with Crippen LogP contribution in [0.1, 0.15) is 158 Å². The maximum Gasteiger partial charge on any atom is -0.00202 e. The van der Waals surface area contributed by atoms with Crippen LogP contribution in [-0.2, 0) is 32.5 Å². The lowest BCUT2D eigenvalue weighted by molar-refractivity contribution is 0.590. The highest BCUT2D eigenvalue weighted by Gasteiger charge is 2.27. The van der Waals surface area contributed by atoms with Crippen LogP contribution in [0.2, 0.25) is 0 Å². The molecule has 0 aromatic heterocycles. The van der Waals surface area contributed by atoms with Gasteiger partial charge in [-0.2, -0.15) is 0 Å². The van der Waals surface area contributed by atoms with E-state index in [-0.39, 0.29) is 32.5 Å².